The Bertz CT molecular complexity index is 1470. The van der Waals surface area contributed by atoms with Crippen molar-refractivity contribution in [1.82, 2.24) is 18.7 Å². The molecule has 0 radical (unpaired) electrons. The van der Waals surface area contributed by atoms with E-state index in [2.05, 4.69) is 10.3 Å². The van der Waals surface area contributed by atoms with E-state index in [1.54, 1.807) is 24.7 Å². The van der Waals surface area contributed by atoms with Crippen LogP contribution in [0.5, 0.6) is 0 Å². The minimum Gasteiger partial charge on any atom is -0.383 e. The van der Waals surface area contributed by atoms with Crippen LogP contribution in [0.15, 0.2) is 64.2 Å². The van der Waals surface area contributed by atoms with Crippen molar-refractivity contribution < 1.29 is 9.53 Å². The third kappa shape index (κ3) is 4.81. The molecular weight excluding hydrogens is 446 g/mol. The van der Waals surface area contributed by atoms with Crippen molar-refractivity contribution in [2.24, 2.45) is 0 Å². The molecule has 9 nitrogen and oxygen atoms in total. The van der Waals surface area contributed by atoms with E-state index < -0.39 is 23.7 Å². The maximum Gasteiger partial charge on any atom is 0.333 e. The number of aromatic nitrogens is 4. The number of aryl methyl sites for hydroxylation is 2. The number of hydrogen-bond acceptors (Lipinski definition) is 5. The number of nitrogens with one attached hydrogen (secondary N) is 1. The number of imidazole rings is 1. The highest BCUT2D eigenvalue weighted by Gasteiger charge is 2.21. The number of para-hydroxylation sites is 1. The van der Waals surface area contributed by atoms with E-state index in [0.29, 0.717) is 48.8 Å². The van der Waals surface area contributed by atoms with Crippen LogP contribution in [0.2, 0.25) is 0 Å². The van der Waals surface area contributed by atoms with Crippen LogP contribution in [0.25, 0.3) is 22.3 Å². The molecule has 0 atom stereocenters. The fraction of sp³-hybridized carbons (Fsp3) is 0.308. The Hall–Kier alpha value is -3.98. The van der Waals surface area contributed by atoms with Gasteiger partial charge in [0.15, 0.2) is 11.2 Å². The van der Waals surface area contributed by atoms with Gasteiger partial charge in [-0.15, -0.1) is 0 Å². The number of fused-ring (bicyclic) bond motifs is 1. The molecule has 0 aliphatic carbocycles. The van der Waals surface area contributed by atoms with Crippen molar-refractivity contribution in [3.63, 3.8) is 0 Å². The maximum atomic E-state index is 13.4. The molecule has 2 heterocycles. The van der Waals surface area contributed by atoms with Crippen molar-refractivity contribution in [2.75, 3.05) is 19.0 Å². The summed E-state index contributed by atoms with van der Waals surface area (Å²) in [7, 11) is 1.58. The van der Waals surface area contributed by atoms with Crippen LogP contribution in [0.3, 0.4) is 0 Å². The molecular formula is C26H29N5O4. The molecule has 0 aliphatic rings. The van der Waals surface area contributed by atoms with Gasteiger partial charge < -0.3 is 14.6 Å². The first-order valence-corrected chi connectivity index (χ1v) is 11.6. The maximum absolute atomic E-state index is 13.4. The summed E-state index contributed by atoms with van der Waals surface area (Å²) in [6.45, 7) is 4.50. The second-order valence-electron chi connectivity index (χ2n) is 8.26. The number of nitrogens with zero attached hydrogens (tertiary/aromatic N) is 4. The van der Waals surface area contributed by atoms with E-state index in [0.717, 1.165) is 15.7 Å². The van der Waals surface area contributed by atoms with Gasteiger partial charge in [-0.2, -0.15) is 0 Å². The Morgan fingerprint density at radius 1 is 0.971 bits per heavy atom. The average molecular weight is 476 g/mol. The second-order valence-corrected chi connectivity index (χ2v) is 8.26. The predicted molar refractivity (Wildman–Crippen MR) is 136 cm³/mol. The first-order valence-electron chi connectivity index (χ1n) is 11.6. The van der Waals surface area contributed by atoms with Crippen LogP contribution >= 0.6 is 0 Å². The number of ether oxygens (including phenoxy) is 1. The van der Waals surface area contributed by atoms with Gasteiger partial charge in [-0.25, -0.2) is 14.3 Å². The standard InChI is InChI=1S/C26H29N5O4/c1-4-14-30-24-23(29(15-16-35-3)18(2)27-24)25(33)31(26(30)34)17-22(32)28-21-13-9-8-12-20(21)19-10-6-5-7-11-19/h5-13H,4,14-17H2,1-3H3,(H,28,32). The number of rotatable bonds is 9. The van der Waals surface area contributed by atoms with E-state index >= 15 is 0 Å². The van der Waals surface area contributed by atoms with Crippen LogP contribution in [0, 0.1) is 6.92 Å². The minimum atomic E-state index is -0.549. The van der Waals surface area contributed by atoms with Crippen LogP contribution in [0.4, 0.5) is 5.69 Å². The van der Waals surface area contributed by atoms with E-state index in [4.69, 9.17) is 4.74 Å². The van der Waals surface area contributed by atoms with Gasteiger partial charge in [0, 0.05) is 31.5 Å². The Labute approximate surface area is 202 Å². The molecule has 9 heteroatoms. The number of carbonyl (C=O) groups excluding carboxylic acids is 1. The summed E-state index contributed by atoms with van der Waals surface area (Å²) in [5.41, 5.74) is 1.94. The molecule has 1 N–H and O–H groups in total. The van der Waals surface area contributed by atoms with Crippen molar-refractivity contribution in [3.05, 3.63) is 81.3 Å². The first kappa shape index (κ1) is 24.2. The molecule has 2 aromatic heterocycles. The largest absolute Gasteiger partial charge is 0.383 e. The Kier molecular flexibility index (Phi) is 7.26. The van der Waals surface area contributed by atoms with E-state index in [-0.39, 0.29) is 0 Å². The lowest BCUT2D eigenvalue weighted by Gasteiger charge is -2.14. The zero-order valence-electron chi connectivity index (χ0n) is 20.2. The van der Waals surface area contributed by atoms with Crippen LogP contribution in [-0.4, -0.2) is 38.3 Å². The van der Waals surface area contributed by atoms with Crippen LogP contribution < -0.4 is 16.6 Å². The summed E-state index contributed by atoms with van der Waals surface area (Å²) >= 11 is 0. The zero-order chi connectivity index (χ0) is 24.9. The summed E-state index contributed by atoms with van der Waals surface area (Å²) in [6.07, 6.45) is 0.674. The molecule has 0 bridgehead atoms. The van der Waals surface area contributed by atoms with Crippen LogP contribution in [-0.2, 0) is 29.2 Å². The molecule has 0 aliphatic heterocycles. The molecule has 1 amide bonds. The van der Waals surface area contributed by atoms with Gasteiger partial charge in [-0.1, -0.05) is 55.5 Å². The minimum absolute atomic E-state index is 0.296. The smallest absolute Gasteiger partial charge is 0.333 e. The lowest BCUT2D eigenvalue weighted by Crippen LogP contribution is -2.43. The highest BCUT2D eigenvalue weighted by Crippen LogP contribution is 2.27. The predicted octanol–water partition coefficient (Wildman–Crippen LogP) is 3.03. The lowest BCUT2D eigenvalue weighted by atomic mass is 10.0. The van der Waals surface area contributed by atoms with E-state index in [1.165, 1.54) is 4.57 Å². The van der Waals surface area contributed by atoms with E-state index in [9.17, 15) is 14.4 Å². The molecule has 2 aromatic carbocycles. The fourth-order valence-electron chi connectivity index (χ4n) is 4.22. The molecule has 0 unspecified atom stereocenters. The molecule has 0 saturated carbocycles. The number of amides is 1. The van der Waals surface area contributed by atoms with Crippen molar-refractivity contribution in [2.45, 2.75) is 39.9 Å². The Morgan fingerprint density at radius 2 is 1.69 bits per heavy atom. The highest BCUT2D eigenvalue weighted by molar-refractivity contribution is 5.95. The Balaban J connectivity index is 1.74. The number of anilines is 1. The van der Waals surface area contributed by atoms with Gasteiger partial charge in [-0.3, -0.25) is 14.2 Å². The van der Waals surface area contributed by atoms with Gasteiger partial charge in [0.2, 0.25) is 5.91 Å². The van der Waals surface area contributed by atoms with Gasteiger partial charge in [0.25, 0.3) is 5.56 Å². The second kappa shape index (κ2) is 10.5. The highest BCUT2D eigenvalue weighted by atomic mass is 16.5. The number of methoxy groups -OCH3 is 1. The van der Waals surface area contributed by atoms with Crippen molar-refractivity contribution >= 4 is 22.8 Å². The number of benzene rings is 2. The SMILES string of the molecule is CCCn1c(=O)n(CC(=O)Nc2ccccc2-c2ccccc2)c(=O)c2c1nc(C)n2CCOC. The summed E-state index contributed by atoms with van der Waals surface area (Å²) < 4.78 is 9.38. The molecule has 182 valence electrons. The van der Waals surface area contributed by atoms with Gasteiger partial charge in [-0.05, 0) is 25.0 Å². The zero-order valence-corrected chi connectivity index (χ0v) is 20.2. The molecule has 0 saturated heterocycles. The molecule has 4 rings (SSSR count). The molecule has 4 aromatic rings. The first-order chi connectivity index (χ1) is 17.0. The van der Waals surface area contributed by atoms with Gasteiger partial charge in [0.05, 0.1) is 6.61 Å². The molecule has 0 spiro atoms. The lowest BCUT2D eigenvalue weighted by molar-refractivity contribution is -0.116. The third-order valence-corrected chi connectivity index (χ3v) is 5.86. The summed E-state index contributed by atoms with van der Waals surface area (Å²) in [4.78, 5) is 44.3. The summed E-state index contributed by atoms with van der Waals surface area (Å²) in [6, 6.07) is 17.1. The van der Waals surface area contributed by atoms with Gasteiger partial charge in [0.1, 0.15) is 12.4 Å². The average Bonchev–Trinajstić information content (AvgIpc) is 3.19. The topological polar surface area (TPSA) is 100 Å². The number of carbonyl (C=O) groups is 1. The molecule has 35 heavy (non-hydrogen) atoms. The fourth-order valence-corrected chi connectivity index (χ4v) is 4.22. The normalized spacial score (nSPS) is 11.2. The number of hydrogen-bond donors (Lipinski definition) is 1. The van der Waals surface area contributed by atoms with Gasteiger partial charge >= 0.3 is 5.69 Å². The van der Waals surface area contributed by atoms with Crippen molar-refractivity contribution in [1.29, 1.82) is 0 Å². The summed E-state index contributed by atoms with van der Waals surface area (Å²) in [5.74, 6) is 0.145. The Morgan fingerprint density at radius 3 is 2.40 bits per heavy atom. The monoisotopic (exact) mass is 475 g/mol. The van der Waals surface area contributed by atoms with E-state index in [1.807, 2.05) is 55.5 Å². The third-order valence-electron chi connectivity index (χ3n) is 5.86. The molecule has 0 fully saturated rings. The van der Waals surface area contributed by atoms with Crippen LogP contribution in [0.1, 0.15) is 19.2 Å². The summed E-state index contributed by atoms with van der Waals surface area (Å²) in [5, 5.41) is 2.88. The quantitative estimate of drug-likeness (QED) is 0.401. The van der Waals surface area contributed by atoms with Crippen molar-refractivity contribution in [3.8, 4) is 11.1 Å².